The van der Waals surface area contributed by atoms with Crippen molar-refractivity contribution in [1.29, 1.82) is 0 Å². The summed E-state index contributed by atoms with van der Waals surface area (Å²) in [6.45, 7) is 1.61. The fraction of sp³-hybridized carbons (Fsp3) is 0.350. The summed E-state index contributed by atoms with van der Waals surface area (Å²) in [5, 5.41) is 0. The molecule has 0 aromatic heterocycles. The second-order valence-electron chi connectivity index (χ2n) is 6.48. The number of carbonyl (C=O) groups is 1. The highest BCUT2D eigenvalue weighted by Gasteiger charge is 2.29. The highest BCUT2D eigenvalue weighted by atomic mass is 32.2. The third-order valence-electron chi connectivity index (χ3n) is 4.64. The predicted octanol–water partition coefficient (Wildman–Crippen LogP) is 2.54. The molecule has 2 aromatic rings. The Morgan fingerprint density at radius 2 is 1.50 bits per heavy atom. The van der Waals surface area contributed by atoms with Gasteiger partial charge in [-0.25, -0.2) is 8.42 Å². The van der Waals surface area contributed by atoms with Crippen LogP contribution in [-0.2, 0) is 21.2 Å². The molecule has 0 unspecified atom stereocenters. The first-order valence-corrected chi connectivity index (χ1v) is 10.4. The van der Waals surface area contributed by atoms with Crippen molar-refractivity contribution in [3.63, 3.8) is 0 Å². The molecule has 2 aromatic carbocycles. The molecule has 5 nitrogen and oxygen atoms in total. The molecule has 1 saturated heterocycles. The molecule has 1 fully saturated rings. The number of nitrogens with zero attached hydrogens (tertiary/aromatic N) is 2. The van der Waals surface area contributed by atoms with Crippen LogP contribution >= 0.6 is 0 Å². The lowest BCUT2D eigenvalue weighted by Crippen LogP contribution is -2.42. The van der Waals surface area contributed by atoms with Gasteiger partial charge in [-0.3, -0.25) is 4.79 Å². The first kappa shape index (κ1) is 18.6. The van der Waals surface area contributed by atoms with Crippen LogP contribution in [0.25, 0.3) is 0 Å². The van der Waals surface area contributed by atoms with E-state index in [4.69, 9.17) is 0 Å². The molecule has 0 saturated carbocycles. The van der Waals surface area contributed by atoms with E-state index >= 15 is 0 Å². The topological polar surface area (TPSA) is 57.7 Å². The number of sulfonamides is 1. The van der Waals surface area contributed by atoms with Crippen LogP contribution in [0.5, 0.6) is 0 Å². The third-order valence-corrected chi connectivity index (χ3v) is 6.50. The van der Waals surface area contributed by atoms with Gasteiger partial charge in [0, 0.05) is 19.6 Å². The van der Waals surface area contributed by atoms with Gasteiger partial charge in [0.1, 0.15) is 0 Å². The van der Waals surface area contributed by atoms with E-state index in [0.29, 0.717) is 6.42 Å². The second kappa shape index (κ2) is 8.47. The van der Waals surface area contributed by atoms with Gasteiger partial charge < -0.3 is 4.90 Å². The van der Waals surface area contributed by atoms with Crippen LogP contribution in [0.1, 0.15) is 18.4 Å². The minimum atomic E-state index is -3.71. The fourth-order valence-electron chi connectivity index (χ4n) is 3.14. The second-order valence-corrected chi connectivity index (χ2v) is 8.41. The molecule has 1 aliphatic rings. The largest absolute Gasteiger partial charge is 0.342 e. The fourth-order valence-corrected chi connectivity index (χ4v) is 4.55. The number of likely N-dealkylation sites (tertiary alicyclic amines) is 1. The van der Waals surface area contributed by atoms with Crippen LogP contribution in [-0.4, -0.2) is 49.7 Å². The maximum absolute atomic E-state index is 13.1. The summed E-state index contributed by atoms with van der Waals surface area (Å²) in [6.07, 6.45) is 2.54. The summed E-state index contributed by atoms with van der Waals surface area (Å²) in [4.78, 5) is 14.5. The Hall–Kier alpha value is -2.18. The highest BCUT2D eigenvalue weighted by Crippen LogP contribution is 2.17. The van der Waals surface area contributed by atoms with Crippen LogP contribution in [0.2, 0.25) is 0 Å². The molecule has 138 valence electrons. The molecule has 6 heteroatoms. The Morgan fingerprint density at radius 3 is 2.12 bits per heavy atom. The van der Waals surface area contributed by atoms with E-state index in [1.54, 1.807) is 35.2 Å². The van der Waals surface area contributed by atoms with Crippen molar-refractivity contribution in [1.82, 2.24) is 9.21 Å². The van der Waals surface area contributed by atoms with Gasteiger partial charge in [0.05, 0.1) is 11.4 Å². The molecule has 0 atom stereocenters. The minimum absolute atomic E-state index is 0.107. The average Bonchev–Trinajstić information content (AvgIpc) is 3.21. The molecular formula is C20H24N2O3S. The van der Waals surface area contributed by atoms with Crippen molar-refractivity contribution < 1.29 is 13.2 Å². The van der Waals surface area contributed by atoms with Gasteiger partial charge in [-0.2, -0.15) is 4.31 Å². The first-order valence-electron chi connectivity index (χ1n) is 8.94. The Labute approximate surface area is 155 Å². The summed E-state index contributed by atoms with van der Waals surface area (Å²) in [5.74, 6) is -0.116. The van der Waals surface area contributed by atoms with Gasteiger partial charge in [-0.05, 0) is 37.0 Å². The maximum atomic E-state index is 13.1. The Bertz CT molecular complexity index is 817. The molecule has 0 radical (unpaired) electrons. The predicted molar refractivity (Wildman–Crippen MR) is 101 cm³/mol. The number of benzene rings is 2. The van der Waals surface area contributed by atoms with Crippen molar-refractivity contribution in [2.24, 2.45) is 0 Å². The maximum Gasteiger partial charge on any atom is 0.243 e. The molecule has 1 amide bonds. The standard InChI is InChI=1S/C20H24N2O3S/c23-20(21-14-7-8-15-21)17-22(16-13-18-9-3-1-4-10-18)26(24,25)19-11-5-2-6-12-19/h1-6,9-12H,7-8,13-17H2. The van der Waals surface area contributed by atoms with E-state index < -0.39 is 10.0 Å². The molecular weight excluding hydrogens is 348 g/mol. The van der Waals surface area contributed by atoms with Crippen molar-refractivity contribution in [2.75, 3.05) is 26.2 Å². The highest BCUT2D eigenvalue weighted by molar-refractivity contribution is 7.89. The molecule has 1 heterocycles. The SMILES string of the molecule is O=C(CN(CCc1ccccc1)S(=O)(=O)c1ccccc1)N1CCCC1. The Balaban J connectivity index is 1.79. The van der Waals surface area contributed by atoms with Gasteiger partial charge in [-0.15, -0.1) is 0 Å². The zero-order valence-corrected chi connectivity index (χ0v) is 15.6. The molecule has 0 spiro atoms. The summed E-state index contributed by atoms with van der Waals surface area (Å²) >= 11 is 0. The van der Waals surface area contributed by atoms with Crippen LogP contribution in [0.4, 0.5) is 0 Å². The summed E-state index contributed by atoms with van der Waals surface area (Å²) in [7, 11) is -3.71. The molecule has 0 bridgehead atoms. The van der Waals surface area contributed by atoms with Gasteiger partial charge >= 0.3 is 0 Å². The quantitative estimate of drug-likeness (QED) is 0.750. The number of amides is 1. The Kier molecular flexibility index (Phi) is 6.06. The summed E-state index contributed by atoms with van der Waals surface area (Å²) < 4.78 is 27.4. The molecule has 0 N–H and O–H groups in total. The van der Waals surface area contributed by atoms with Crippen molar-refractivity contribution in [3.8, 4) is 0 Å². The lowest BCUT2D eigenvalue weighted by molar-refractivity contribution is -0.130. The van der Waals surface area contributed by atoms with Gasteiger partial charge in [-0.1, -0.05) is 48.5 Å². The molecule has 1 aliphatic heterocycles. The van der Waals surface area contributed by atoms with Crippen LogP contribution in [0.3, 0.4) is 0 Å². The average molecular weight is 372 g/mol. The van der Waals surface area contributed by atoms with E-state index in [-0.39, 0.29) is 23.9 Å². The lowest BCUT2D eigenvalue weighted by atomic mass is 10.1. The van der Waals surface area contributed by atoms with Gasteiger partial charge in [0.25, 0.3) is 0 Å². The van der Waals surface area contributed by atoms with Crippen molar-refractivity contribution in [2.45, 2.75) is 24.2 Å². The number of hydrogen-bond donors (Lipinski definition) is 0. The van der Waals surface area contributed by atoms with E-state index in [0.717, 1.165) is 31.5 Å². The third kappa shape index (κ3) is 4.51. The van der Waals surface area contributed by atoms with Crippen LogP contribution < -0.4 is 0 Å². The summed E-state index contributed by atoms with van der Waals surface area (Å²) in [5.41, 5.74) is 1.05. The zero-order chi connectivity index (χ0) is 18.4. The van der Waals surface area contributed by atoms with E-state index in [1.807, 2.05) is 30.3 Å². The number of rotatable bonds is 7. The number of carbonyl (C=O) groups excluding carboxylic acids is 1. The number of hydrogen-bond acceptors (Lipinski definition) is 3. The molecule has 26 heavy (non-hydrogen) atoms. The van der Waals surface area contributed by atoms with Gasteiger partial charge in [0.15, 0.2) is 0 Å². The van der Waals surface area contributed by atoms with Crippen molar-refractivity contribution in [3.05, 3.63) is 66.2 Å². The monoisotopic (exact) mass is 372 g/mol. The summed E-state index contributed by atoms with van der Waals surface area (Å²) in [6, 6.07) is 18.1. The lowest BCUT2D eigenvalue weighted by Gasteiger charge is -2.24. The van der Waals surface area contributed by atoms with E-state index in [9.17, 15) is 13.2 Å². The molecule has 0 aliphatic carbocycles. The zero-order valence-electron chi connectivity index (χ0n) is 14.8. The van der Waals surface area contributed by atoms with E-state index in [1.165, 1.54) is 4.31 Å². The Morgan fingerprint density at radius 1 is 0.923 bits per heavy atom. The molecule has 3 rings (SSSR count). The van der Waals surface area contributed by atoms with Gasteiger partial charge in [0.2, 0.25) is 15.9 Å². The van der Waals surface area contributed by atoms with Crippen LogP contribution in [0.15, 0.2) is 65.6 Å². The smallest absolute Gasteiger partial charge is 0.243 e. The van der Waals surface area contributed by atoms with Crippen molar-refractivity contribution >= 4 is 15.9 Å². The first-order chi connectivity index (χ1) is 12.6. The van der Waals surface area contributed by atoms with Crippen LogP contribution in [0, 0.1) is 0 Å². The minimum Gasteiger partial charge on any atom is -0.342 e. The van der Waals surface area contributed by atoms with E-state index in [2.05, 4.69) is 0 Å². The normalized spacial score (nSPS) is 14.7.